The molecular weight excluding hydrogens is 224 g/mol. The van der Waals surface area contributed by atoms with E-state index < -0.39 is 0 Å². The Bertz CT molecular complexity index is 539. The lowest BCUT2D eigenvalue weighted by molar-refractivity contribution is 0.371. The van der Waals surface area contributed by atoms with Crippen molar-refractivity contribution >= 4 is 0 Å². The Morgan fingerprint density at radius 3 is 2.39 bits per heavy atom. The van der Waals surface area contributed by atoms with E-state index in [1.807, 2.05) is 6.07 Å². The molecule has 1 fully saturated rings. The summed E-state index contributed by atoms with van der Waals surface area (Å²) in [5, 5.41) is 8.36. The van der Waals surface area contributed by atoms with E-state index in [-0.39, 0.29) is 5.41 Å². The summed E-state index contributed by atoms with van der Waals surface area (Å²) in [6, 6.07) is 10.6. The minimum Gasteiger partial charge on any atom is -0.424 e. The highest BCUT2D eigenvalue weighted by atomic mass is 16.4. The first-order valence-electron chi connectivity index (χ1n) is 6.44. The standard InChI is InChI=1S/C15H18N2O/c1-15(2,3)14-17-16-13(18-14)12-9-11(12)10-7-5-4-6-8-10/h4-8,11-12H,9H2,1-3H3. The maximum atomic E-state index is 5.80. The number of aromatic nitrogens is 2. The zero-order chi connectivity index (χ0) is 12.8. The van der Waals surface area contributed by atoms with Gasteiger partial charge in [-0.15, -0.1) is 10.2 Å². The Kier molecular flexibility index (Phi) is 2.51. The van der Waals surface area contributed by atoms with Gasteiger partial charge in [-0.2, -0.15) is 0 Å². The summed E-state index contributed by atoms with van der Waals surface area (Å²) in [6.45, 7) is 6.27. The molecule has 0 aliphatic heterocycles. The average Bonchev–Trinajstić information content (AvgIpc) is 2.97. The fraction of sp³-hybridized carbons (Fsp3) is 0.467. The summed E-state index contributed by atoms with van der Waals surface area (Å²) in [5.41, 5.74) is 1.31. The van der Waals surface area contributed by atoms with Gasteiger partial charge in [-0.05, 0) is 17.9 Å². The van der Waals surface area contributed by atoms with E-state index in [0.29, 0.717) is 11.8 Å². The molecule has 2 unspecified atom stereocenters. The molecular formula is C15H18N2O. The largest absolute Gasteiger partial charge is 0.424 e. The molecule has 94 valence electrons. The highest BCUT2D eigenvalue weighted by Crippen LogP contribution is 2.54. The molecule has 0 amide bonds. The Morgan fingerprint density at radius 2 is 1.78 bits per heavy atom. The average molecular weight is 242 g/mol. The van der Waals surface area contributed by atoms with Gasteiger partial charge in [0.2, 0.25) is 11.8 Å². The molecule has 1 aromatic heterocycles. The van der Waals surface area contributed by atoms with Gasteiger partial charge >= 0.3 is 0 Å². The molecule has 0 spiro atoms. The Labute approximate surface area is 107 Å². The molecule has 2 atom stereocenters. The lowest BCUT2D eigenvalue weighted by atomic mass is 9.97. The Morgan fingerprint density at radius 1 is 1.06 bits per heavy atom. The minimum absolute atomic E-state index is 0.0671. The van der Waals surface area contributed by atoms with Crippen LogP contribution in [0.4, 0.5) is 0 Å². The van der Waals surface area contributed by atoms with E-state index in [9.17, 15) is 0 Å². The van der Waals surface area contributed by atoms with Crippen LogP contribution in [0.15, 0.2) is 34.7 Å². The summed E-state index contributed by atoms with van der Waals surface area (Å²) in [7, 11) is 0. The van der Waals surface area contributed by atoms with Gasteiger partial charge in [0, 0.05) is 11.3 Å². The van der Waals surface area contributed by atoms with Crippen LogP contribution in [-0.4, -0.2) is 10.2 Å². The molecule has 2 aromatic rings. The van der Waals surface area contributed by atoms with Gasteiger partial charge in [-0.3, -0.25) is 0 Å². The molecule has 1 saturated carbocycles. The van der Waals surface area contributed by atoms with Gasteiger partial charge in [0.1, 0.15) is 0 Å². The SMILES string of the molecule is CC(C)(C)c1nnc(C2CC2c2ccccc2)o1. The highest BCUT2D eigenvalue weighted by Gasteiger charge is 2.43. The molecule has 3 heteroatoms. The summed E-state index contributed by atoms with van der Waals surface area (Å²) in [6.07, 6.45) is 1.12. The second kappa shape index (κ2) is 3.94. The van der Waals surface area contributed by atoms with Crippen molar-refractivity contribution in [2.45, 2.75) is 44.4 Å². The van der Waals surface area contributed by atoms with Crippen molar-refractivity contribution in [3.8, 4) is 0 Å². The van der Waals surface area contributed by atoms with E-state index in [4.69, 9.17) is 4.42 Å². The number of hydrogen-bond donors (Lipinski definition) is 0. The quantitative estimate of drug-likeness (QED) is 0.807. The first kappa shape index (κ1) is 11.5. The topological polar surface area (TPSA) is 38.9 Å². The number of benzene rings is 1. The molecule has 1 heterocycles. The molecule has 1 aliphatic rings. The molecule has 0 radical (unpaired) electrons. The van der Waals surface area contributed by atoms with Crippen molar-refractivity contribution in [1.29, 1.82) is 0 Å². The third-order valence-corrected chi connectivity index (χ3v) is 3.42. The van der Waals surface area contributed by atoms with E-state index in [2.05, 4.69) is 55.2 Å². The van der Waals surface area contributed by atoms with Crippen molar-refractivity contribution in [1.82, 2.24) is 10.2 Å². The third-order valence-electron chi connectivity index (χ3n) is 3.42. The van der Waals surface area contributed by atoms with Crippen LogP contribution in [0.3, 0.4) is 0 Å². The van der Waals surface area contributed by atoms with Crippen LogP contribution in [0, 0.1) is 0 Å². The van der Waals surface area contributed by atoms with Crippen molar-refractivity contribution < 1.29 is 4.42 Å². The fourth-order valence-electron chi connectivity index (χ4n) is 2.22. The van der Waals surface area contributed by atoms with Crippen molar-refractivity contribution in [3.05, 3.63) is 47.7 Å². The summed E-state index contributed by atoms with van der Waals surface area (Å²) in [5.74, 6) is 2.50. The second-order valence-electron chi connectivity index (χ2n) is 6.05. The highest BCUT2D eigenvalue weighted by molar-refractivity contribution is 5.30. The molecule has 1 aliphatic carbocycles. The minimum atomic E-state index is -0.0671. The van der Waals surface area contributed by atoms with Crippen molar-refractivity contribution in [2.24, 2.45) is 0 Å². The zero-order valence-electron chi connectivity index (χ0n) is 11.1. The van der Waals surface area contributed by atoms with Crippen LogP contribution in [0.1, 0.15) is 56.4 Å². The van der Waals surface area contributed by atoms with Crippen LogP contribution in [0.25, 0.3) is 0 Å². The van der Waals surface area contributed by atoms with Crippen LogP contribution in [-0.2, 0) is 5.41 Å². The van der Waals surface area contributed by atoms with Crippen LogP contribution in [0.2, 0.25) is 0 Å². The van der Waals surface area contributed by atoms with Crippen LogP contribution >= 0.6 is 0 Å². The summed E-state index contributed by atoms with van der Waals surface area (Å²) >= 11 is 0. The second-order valence-corrected chi connectivity index (χ2v) is 6.05. The van der Waals surface area contributed by atoms with Gasteiger partial charge < -0.3 is 4.42 Å². The van der Waals surface area contributed by atoms with E-state index in [1.165, 1.54) is 5.56 Å². The number of nitrogens with zero attached hydrogens (tertiary/aromatic N) is 2. The number of hydrogen-bond acceptors (Lipinski definition) is 3. The summed E-state index contributed by atoms with van der Waals surface area (Å²) in [4.78, 5) is 0. The lowest BCUT2D eigenvalue weighted by Gasteiger charge is -2.10. The van der Waals surface area contributed by atoms with Crippen molar-refractivity contribution in [2.75, 3.05) is 0 Å². The Hall–Kier alpha value is -1.64. The maximum absolute atomic E-state index is 5.80. The molecule has 0 bridgehead atoms. The van der Waals surface area contributed by atoms with Gasteiger partial charge in [0.25, 0.3) is 0 Å². The fourth-order valence-corrected chi connectivity index (χ4v) is 2.22. The van der Waals surface area contributed by atoms with E-state index in [1.54, 1.807) is 0 Å². The molecule has 0 N–H and O–H groups in total. The smallest absolute Gasteiger partial charge is 0.221 e. The van der Waals surface area contributed by atoms with Crippen molar-refractivity contribution in [3.63, 3.8) is 0 Å². The monoisotopic (exact) mass is 242 g/mol. The van der Waals surface area contributed by atoms with Gasteiger partial charge in [-0.1, -0.05) is 51.1 Å². The maximum Gasteiger partial charge on any atom is 0.221 e. The predicted octanol–water partition coefficient (Wildman–Crippen LogP) is 3.64. The van der Waals surface area contributed by atoms with Gasteiger partial charge in [-0.25, -0.2) is 0 Å². The van der Waals surface area contributed by atoms with E-state index in [0.717, 1.165) is 18.2 Å². The van der Waals surface area contributed by atoms with Gasteiger partial charge in [0.15, 0.2) is 0 Å². The Balaban J connectivity index is 1.77. The predicted molar refractivity (Wildman–Crippen MR) is 69.5 cm³/mol. The molecule has 18 heavy (non-hydrogen) atoms. The summed E-state index contributed by atoms with van der Waals surface area (Å²) < 4.78 is 5.80. The molecule has 1 aromatic carbocycles. The number of rotatable bonds is 2. The normalized spacial score (nSPS) is 23.1. The van der Waals surface area contributed by atoms with E-state index >= 15 is 0 Å². The molecule has 3 nitrogen and oxygen atoms in total. The van der Waals surface area contributed by atoms with Gasteiger partial charge in [0.05, 0.1) is 0 Å². The first-order chi connectivity index (χ1) is 8.55. The lowest BCUT2D eigenvalue weighted by Crippen LogP contribution is -2.11. The molecule has 3 rings (SSSR count). The first-order valence-corrected chi connectivity index (χ1v) is 6.44. The van der Waals surface area contributed by atoms with Crippen LogP contribution in [0.5, 0.6) is 0 Å². The molecule has 0 saturated heterocycles. The zero-order valence-corrected chi connectivity index (χ0v) is 11.1. The third kappa shape index (κ3) is 2.05. The van der Waals surface area contributed by atoms with Crippen LogP contribution < -0.4 is 0 Å².